The SMILES string of the molecule is NC(c1cccnc1)(c1ccc2cnccc2c1)C1CCNCC1. The van der Waals surface area contributed by atoms with Crippen molar-refractivity contribution in [3.05, 3.63) is 72.3 Å². The zero-order valence-corrected chi connectivity index (χ0v) is 13.7. The summed E-state index contributed by atoms with van der Waals surface area (Å²) in [7, 11) is 0. The minimum Gasteiger partial charge on any atom is -0.317 e. The van der Waals surface area contributed by atoms with E-state index in [2.05, 4.69) is 39.6 Å². The van der Waals surface area contributed by atoms with Crippen molar-refractivity contribution in [3.63, 3.8) is 0 Å². The Bertz CT molecular complexity index is 827. The number of hydrogen-bond donors (Lipinski definition) is 2. The van der Waals surface area contributed by atoms with Gasteiger partial charge in [0.15, 0.2) is 0 Å². The molecule has 24 heavy (non-hydrogen) atoms. The van der Waals surface area contributed by atoms with Crippen LogP contribution in [0.3, 0.4) is 0 Å². The molecule has 0 bridgehead atoms. The van der Waals surface area contributed by atoms with E-state index in [0.29, 0.717) is 5.92 Å². The van der Waals surface area contributed by atoms with Crippen molar-refractivity contribution in [3.8, 4) is 0 Å². The third kappa shape index (κ3) is 2.58. The molecule has 2 aromatic heterocycles. The van der Waals surface area contributed by atoms with Gasteiger partial charge in [0, 0.05) is 30.2 Å². The van der Waals surface area contributed by atoms with Gasteiger partial charge in [0.05, 0.1) is 5.54 Å². The quantitative estimate of drug-likeness (QED) is 0.779. The maximum atomic E-state index is 7.12. The van der Waals surface area contributed by atoms with Crippen molar-refractivity contribution in [2.45, 2.75) is 18.4 Å². The number of pyridine rings is 2. The minimum atomic E-state index is -0.520. The Balaban J connectivity index is 1.87. The summed E-state index contributed by atoms with van der Waals surface area (Å²) in [6.07, 6.45) is 9.58. The van der Waals surface area contributed by atoms with Gasteiger partial charge in [-0.15, -0.1) is 0 Å². The van der Waals surface area contributed by atoms with Crippen molar-refractivity contribution in [2.24, 2.45) is 11.7 Å². The molecule has 4 heteroatoms. The molecule has 122 valence electrons. The van der Waals surface area contributed by atoms with E-state index in [4.69, 9.17) is 5.73 Å². The van der Waals surface area contributed by atoms with E-state index in [1.54, 1.807) is 6.20 Å². The largest absolute Gasteiger partial charge is 0.317 e. The van der Waals surface area contributed by atoms with E-state index < -0.39 is 5.54 Å². The molecule has 3 N–H and O–H groups in total. The normalized spacial score (nSPS) is 18.4. The van der Waals surface area contributed by atoms with Crippen molar-refractivity contribution in [2.75, 3.05) is 13.1 Å². The fourth-order valence-corrected chi connectivity index (χ4v) is 3.86. The van der Waals surface area contributed by atoms with E-state index in [9.17, 15) is 0 Å². The van der Waals surface area contributed by atoms with Crippen LogP contribution < -0.4 is 11.1 Å². The Kier molecular flexibility index (Phi) is 4.00. The first-order valence-corrected chi connectivity index (χ1v) is 8.53. The lowest BCUT2D eigenvalue weighted by molar-refractivity contribution is 0.254. The first kappa shape index (κ1) is 15.2. The van der Waals surface area contributed by atoms with Crippen LogP contribution in [-0.4, -0.2) is 23.1 Å². The van der Waals surface area contributed by atoms with Gasteiger partial charge in [-0.2, -0.15) is 0 Å². The van der Waals surface area contributed by atoms with Crippen molar-refractivity contribution >= 4 is 10.8 Å². The number of nitrogens with one attached hydrogen (secondary N) is 1. The molecule has 4 rings (SSSR count). The predicted molar refractivity (Wildman–Crippen MR) is 96.5 cm³/mol. The third-order valence-corrected chi connectivity index (χ3v) is 5.24. The Morgan fingerprint density at radius 2 is 1.75 bits per heavy atom. The van der Waals surface area contributed by atoms with Crippen molar-refractivity contribution in [1.82, 2.24) is 15.3 Å². The molecular formula is C20H22N4. The van der Waals surface area contributed by atoms with Gasteiger partial charge in [-0.3, -0.25) is 9.97 Å². The Hall–Kier alpha value is -2.30. The molecule has 1 unspecified atom stereocenters. The first-order chi connectivity index (χ1) is 11.8. The van der Waals surface area contributed by atoms with Crippen LogP contribution in [0.4, 0.5) is 0 Å². The Morgan fingerprint density at radius 3 is 2.54 bits per heavy atom. The molecule has 1 aromatic carbocycles. The Labute approximate surface area is 142 Å². The van der Waals surface area contributed by atoms with Gasteiger partial charge >= 0.3 is 0 Å². The summed E-state index contributed by atoms with van der Waals surface area (Å²) in [6, 6.07) is 12.6. The summed E-state index contributed by atoms with van der Waals surface area (Å²) in [5, 5.41) is 5.75. The summed E-state index contributed by atoms with van der Waals surface area (Å²) < 4.78 is 0. The van der Waals surface area contributed by atoms with Gasteiger partial charge in [-0.05, 0) is 66.6 Å². The monoisotopic (exact) mass is 318 g/mol. The molecule has 1 aliphatic rings. The zero-order valence-electron chi connectivity index (χ0n) is 13.7. The van der Waals surface area contributed by atoms with Crippen LogP contribution in [0.25, 0.3) is 10.8 Å². The highest BCUT2D eigenvalue weighted by Crippen LogP contribution is 2.39. The topological polar surface area (TPSA) is 63.8 Å². The lowest BCUT2D eigenvalue weighted by atomic mass is 9.70. The number of nitrogens with zero attached hydrogens (tertiary/aromatic N) is 2. The van der Waals surface area contributed by atoms with Gasteiger partial charge in [0.2, 0.25) is 0 Å². The van der Waals surface area contributed by atoms with Crippen LogP contribution in [0, 0.1) is 5.92 Å². The fraction of sp³-hybridized carbons (Fsp3) is 0.300. The summed E-state index contributed by atoms with van der Waals surface area (Å²) in [5.41, 5.74) is 8.85. The third-order valence-electron chi connectivity index (χ3n) is 5.24. The number of fused-ring (bicyclic) bond motifs is 1. The molecule has 0 radical (unpaired) electrons. The molecule has 0 saturated carbocycles. The van der Waals surface area contributed by atoms with Crippen molar-refractivity contribution < 1.29 is 0 Å². The molecule has 0 aliphatic carbocycles. The van der Waals surface area contributed by atoms with E-state index in [0.717, 1.165) is 42.4 Å². The summed E-state index contributed by atoms with van der Waals surface area (Å²) >= 11 is 0. The smallest absolute Gasteiger partial charge is 0.0710 e. The molecule has 3 heterocycles. The number of aromatic nitrogens is 2. The first-order valence-electron chi connectivity index (χ1n) is 8.53. The summed E-state index contributed by atoms with van der Waals surface area (Å²) in [6.45, 7) is 2.03. The highest BCUT2D eigenvalue weighted by atomic mass is 14.9. The number of rotatable bonds is 3. The molecule has 4 nitrogen and oxygen atoms in total. The van der Waals surface area contributed by atoms with Crippen molar-refractivity contribution in [1.29, 1.82) is 0 Å². The van der Waals surface area contributed by atoms with E-state index >= 15 is 0 Å². The van der Waals surface area contributed by atoms with Gasteiger partial charge in [-0.25, -0.2) is 0 Å². The summed E-state index contributed by atoms with van der Waals surface area (Å²) in [4.78, 5) is 8.53. The van der Waals surface area contributed by atoms with Crippen LogP contribution in [0.5, 0.6) is 0 Å². The lowest BCUT2D eigenvalue weighted by Crippen LogP contribution is -2.49. The second-order valence-electron chi connectivity index (χ2n) is 6.57. The molecule has 0 amide bonds. The second-order valence-corrected chi connectivity index (χ2v) is 6.57. The highest BCUT2D eigenvalue weighted by Gasteiger charge is 2.39. The van der Waals surface area contributed by atoms with Crippen LogP contribution in [-0.2, 0) is 5.54 Å². The Morgan fingerprint density at radius 1 is 0.917 bits per heavy atom. The molecular weight excluding hydrogens is 296 g/mol. The van der Waals surface area contributed by atoms with E-state index in [-0.39, 0.29) is 0 Å². The van der Waals surface area contributed by atoms with Gasteiger partial charge in [0.25, 0.3) is 0 Å². The number of piperidine rings is 1. The van der Waals surface area contributed by atoms with Crippen LogP contribution in [0.1, 0.15) is 24.0 Å². The molecule has 1 aliphatic heterocycles. The molecule has 1 fully saturated rings. The average molecular weight is 318 g/mol. The predicted octanol–water partition coefficient (Wildman–Crippen LogP) is 2.83. The maximum Gasteiger partial charge on any atom is 0.0710 e. The van der Waals surface area contributed by atoms with Crippen LogP contribution in [0.2, 0.25) is 0 Å². The lowest BCUT2D eigenvalue weighted by Gasteiger charge is -2.41. The number of nitrogens with two attached hydrogens (primary N) is 1. The molecule has 1 atom stereocenters. The number of benzene rings is 1. The second kappa shape index (κ2) is 6.30. The maximum absolute atomic E-state index is 7.12. The standard InChI is InChI=1S/C20H22N4/c21-20(17-6-10-22-11-7-17,19-2-1-8-23-14-19)18-4-3-16-13-24-9-5-15(16)12-18/h1-5,8-9,12-14,17,22H,6-7,10-11,21H2. The average Bonchev–Trinajstić information content (AvgIpc) is 2.68. The van der Waals surface area contributed by atoms with E-state index in [1.165, 1.54) is 5.39 Å². The number of hydrogen-bond acceptors (Lipinski definition) is 4. The highest BCUT2D eigenvalue weighted by molar-refractivity contribution is 5.82. The molecule has 1 saturated heterocycles. The van der Waals surface area contributed by atoms with Gasteiger partial charge in [-0.1, -0.05) is 18.2 Å². The van der Waals surface area contributed by atoms with Gasteiger partial charge in [0.1, 0.15) is 0 Å². The van der Waals surface area contributed by atoms with Crippen LogP contribution >= 0.6 is 0 Å². The van der Waals surface area contributed by atoms with E-state index in [1.807, 2.05) is 30.7 Å². The zero-order chi connectivity index (χ0) is 16.4. The van der Waals surface area contributed by atoms with Crippen LogP contribution in [0.15, 0.2) is 61.2 Å². The van der Waals surface area contributed by atoms with Gasteiger partial charge < -0.3 is 11.1 Å². The summed E-state index contributed by atoms with van der Waals surface area (Å²) in [5.74, 6) is 0.391. The molecule has 0 spiro atoms. The minimum absolute atomic E-state index is 0.391. The fourth-order valence-electron chi connectivity index (χ4n) is 3.86. The molecule has 3 aromatic rings.